The van der Waals surface area contributed by atoms with E-state index >= 15 is 0 Å². The fourth-order valence-corrected chi connectivity index (χ4v) is 0.373. The molecule has 3 heteroatoms. The van der Waals surface area contributed by atoms with E-state index in [4.69, 9.17) is 22.9 Å². The van der Waals surface area contributed by atoms with Crippen molar-refractivity contribution in [2.45, 2.75) is 6.92 Å². The van der Waals surface area contributed by atoms with E-state index in [9.17, 15) is 0 Å². The van der Waals surface area contributed by atoms with Gasteiger partial charge in [-0.15, -0.1) is 6.42 Å². The molecule has 0 saturated heterocycles. The second kappa shape index (κ2) is 6.63. The zero-order chi connectivity index (χ0) is 7.82. The second-order valence-corrected chi connectivity index (χ2v) is 1.99. The number of terminal acetylenes is 1. The van der Waals surface area contributed by atoms with E-state index < -0.39 is 0 Å². The molecule has 0 aliphatic heterocycles. The molecule has 0 atom stereocenters. The predicted octanol–water partition coefficient (Wildman–Crippen LogP) is 1.28. The van der Waals surface area contributed by atoms with E-state index in [-0.39, 0.29) is 6.61 Å². The second-order valence-electron chi connectivity index (χ2n) is 1.77. The normalized spacial score (nSPS) is 11.1. The molecule has 10 heavy (non-hydrogen) atoms. The Morgan fingerprint density at radius 1 is 1.90 bits per heavy atom. The summed E-state index contributed by atoms with van der Waals surface area (Å²) in [6.07, 6.45) is 4.92. The van der Waals surface area contributed by atoms with Crippen molar-refractivity contribution in [2.75, 3.05) is 13.2 Å². The van der Waals surface area contributed by atoms with Crippen LogP contribution in [0.2, 0.25) is 0 Å². The van der Waals surface area contributed by atoms with Crippen molar-refractivity contribution in [1.82, 2.24) is 5.48 Å². The summed E-state index contributed by atoms with van der Waals surface area (Å²) in [4.78, 5) is 4.77. The van der Waals surface area contributed by atoms with Gasteiger partial charge in [0.1, 0.15) is 6.61 Å². The first-order valence-electron chi connectivity index (χ1n) is 2.85. The van der Waals surface area contributed by atoms with Crippen LogP contribution in [-0.2, 0) is 4.84 Å². The minimum absolute atomic E-state index is 0.273. The highest BCUT2D eigenvalue weighted by Crippen LogP contribution is 1.91. The molecule has 0 rings (SSSR count). The fourth-order valence-electron chi connectivity index (χ4n) is 0.296. The van der Waals surface area contributed by atoms with E-state index in [1.165, 1.54) is 5.54 Å². The van der Waals surface area contributed by atoms with Gasteiger partial charge in [-0.25, -0.2) is 0 Å². The summed E-state index contributed by atoms with van der Waals surface area (Å²) in [5.41, 5.74) is 5.13. The molecule has 2 nitrogen and oxygen atoms in total. The molecule has 0 bridgehead atoms. The third kappa shape index (κ3) is 5.64. The Kier molecular flexibility index (Phi) is 6.30. The van der Waals surface area contributed by atoms with Gasteiger partial charge in [0.15, 0.2) is 0 Å². The Morgan fingerprint density at radius 2 is 2.60 bits per heavy atom. The molecule has 0 spiro atoms. The summed E-state index contributed by atoms with van der Waals surface area (Å²) in [7, 11) is 0. The van der Waals surface area contributed by atoms with Gasteiger partial charge in [-0.2, -0.15) is 5.48 Å². The van der Waals surface area contributed by atoms with Gasteiger partial charge in [-0.3, -0.25) is 4.84 Å². The molecule has 1 N–H and O–H groups in total. The molecule has 0 radical (unpaired) electrons. The van der Waals surface area contributed by atoms with Gasteiger partial charge >= 0.3 is 0 Å². The van der Waals surface area contributed by atoms with Crippen molar-refractivity contribution < 1.29 is 4.84 Å². The Hall–Kier alpha value is -0.490. The Labute approximate surface area is 66.2 Å². The lowest BCUT2D eigenvalue weighted by Crippen LogP contribution is -2.16. The Bertz CT molecular complexity index is 148. The standard InChI is InChI=1S/C7H10ClNO/c1-3-4-10-9-6-7(2)5-8/h1,5,9H,4,6H2,2H3/b7-5+. The highest BCUT2D eigenvalue weighted by atomic mass is 35.5. The van der Waals surface area contributed by atoms with Crippen molar-refractivity contribution in [3.63, 3.8) is 0 Å². The average molecular weight is 160 g/mol. The molecule has 0 aromatic rings. The quantitative estimate of drug-likeness (QED) is 0.379. The summed E-state index contributed by atoms with van der Waals surface area (Å²) in [5.74, 6) is 2.32. The van der Waals surface area contributed by atoms with Crippen LogP contribution >= 0.6 is 11.6 Å². The van der Waals surface area contributed by atoms with Crippen molar-refractivity contribution >= 4 is 11.6 Å². The molecule has 0 heterocycles. The largest absolute Gasteiger partial charge is 0.289 e. The number of rotatable bonds is 4. The van der Waals surface area contributed by atoms with E-state index in [1.54, 1.807) is 0 Å². The van der Waals surface area contributed by atoms with Crippen LogP contribution < -0.4 is 5.48 Å². The van der Waals surface area contributed by atoms with Gasteiger partial charge in [0.25, 0.3) is 0 Å². The maximum absolute atomic E-state index is 5.37. The Morgan fingerprint density at radius 3 is 3.10 bits per heavy atom. The average Bonchev–Trinajstić information content (AvgIpc) is 1.98. The van der Waals surface area contributed by atoms with E-state index in [0.29, 0.717) is 6.54 Å². The molecular formula is C7H10ClNO. The minimum atomic E-state index is 0.273. The van der Waals surface area contributed by atoms with Gasteiger partial charge in [-0.05, 0) is 12.5 Å². The van der Waals surface area contributed by atoms with Gasteiger partial charge in [0, 0.05) is 12.1 Å². The minimum Gasteiger partial charge on any atom is -0.289 e. The van der Waals surface area contributed by atoms with Gasteiger partial charge in [-0.1, -0.05) is 17.5 Å². The van der Waals surface area contributed by atoms with Crippen LogP contribution in [0.3, 0.4) is 0 Å². The van der Waals surface area contributed by atoms with Gasteiger partial charge in [0.05, 0.1) is 0 Å². The molecule has 0 aromatic carbocycles. The van der Waals surface area contributed by atoms with Crippen LogP contribution in [0.4, 0.5) is 0 Å². The molecule has 56 valence electrons. The lowest BCUT2D eigenvalue weighted by Gasteiger charge is -2.00. The summed E-state index contributed by atoms with van der Waals surface area (Å²) in [6, 6.07) is 0. The lowest BCUT2D eigenvalue weighted by atomic mass is 10.4. The topological polar surface area (TPSA) is 21.3 Å². The molecule has 0 aliphatic rings. The van der Waals surface area contributed by atoms with Crippen LogP contribution in [-0.4, -0.2) is 13.2 Å². The zero-order valence-electron chi connectivity index (χ0n) is 5.86. The molecular weight excluding hydrogens is 150 g/mol. The first-order chi connectivity index (χ1) is 4.81. The molecule has 0 aliphatic carbocycles. The molecule has 0 aromatic heterocycles. The Balaban J connectivity index is 3.14. The highest BCUT2D eigenvalue weighted by Gasteiger charge is 1.85. The van der Waals surface area contributed by atoms with Crippen molar-refractivity contribution in [2.24, 2.45) is 0 Å². The number of hydrogen-bond donors (Lipinski definition) is 1. The summed E-state index contributed by atoms with van der Waals surface area (Å²) in [5, 5.41) is 0. The highest BCUT2D eigenvalue weighted by molar-refractivity contribution is 6.25. The maximum Gasteiger partial charge on any atom is 0.128 e. The number of nitrogens with one attached hydrogen (secondary N) is 1. The van der Waals surface area contributed by atoms with E-state index in [1.807, 2.05) is 6.92 Å². The van der Waals surface area contributed by atoms with E-state index in [2.05, 4.69) is 11.4 Å². The summed E-state index contributed by atoms with van der Waals surface area (Å²) < 4.78 is 0. The van der Waals surface area contributed by atoms with Crippen molar-refractivity contribution in [3.8, 4) is 12.3 Å². The monoisotopic (exact) mass is 159 g/mol. The zero-order valence-corrected chi connectivity index (χ0v) is 6.61. The molecule has 0 unspecified atom stereocenters. The van der Waals surface area contributed by atoms with Gasteiger partial charge in [0.2, 0.25) is 0 Å². The first kappa shape index (κ1) is 9.51. The lowest BCUT2D eigenvalue weighted by molar-refractivity contribution is 0.0730. The third-order valence-corrected chi connectivity index (χ3v) is 1.17. The smallest absolute Gasteiger partial charge is 0.128 e. The summed E-state index contributed by atoms with van der Waals surface area (Å²) >= 11 is 5.37. The van der Waals surface area contributed by atoms with Crippen molar-refractivity contribution in [3.05, 3.63) is 11.1 Å². The molecule has 0 saturated carbocycles. The first-order valence-corrected chi connectivity index (χ1v) is 3.29. The fraction of sp³-hybridized carbons (Fsp3) is 0.429. The maximum atomic E-state index is 5.37. The van der Waals surface area contributed by atoms with Crippen LogP contribution in [0.15, 0.2) is 11.1 Å². The van der Waals surface area contributed by atoms with Crippen LogP contribution in [0.5, 0.6) is 0 Å². The van der Waals surface area contributed by atoms with Crippen LogP contribution in [0.1, 0.15) is 6.92 Å². The van der Waals surface area contributed by atoms with Gasteiger partial charge < -0.3 is 0 Å². The van der Waals surface area contributed by atoms with E-state index in [0.717, 1.165) is 5.57 Å². The molecule has 0 fully saturated rings. The predicted molar refractivity (Wildman–Crippen MR) is 42.4 cm³/mol. The molecule has 0 amide bonds. The number of hydroxylamine groups is 1. The van der Waals surface area contributed by atoms with Crippen LogP contribution in [0.25, 0.3) is 0 Å². The number of halogens is 1. The summed E-state index contributed by atoms with van der Waals surface area (Å²) in [6.45, 7) is 2.76. The third-order valence-electron chi connectivity index (χ3n) is 0.795. The number of hydrogen-bond acceptors (Lipinski definition) is 2. The SMILES string of the molecule is C#CCONC/C(C)=C/Cl. The van der Waals surface area contributed by atoms with Crippen molar-refractivity contribution in [1.29, 1.82) is 0 Å². The van der Waals surface area contributed by atoms with Crippen LogP contribution in [0, 0.1) is 12.3 Å².